The summed E-state index contributed by atoms with van der Waals surface area (Å²) < 4.78 is 14.9. The Balaban J connectivity index is 2.21. The fraction of sp³-hybridized carbons (Fsp3) is 0.0909. The summed E-state index contributed by atoms with van der Waals surface area (Å²) in [6, 6.07) is 3.99. The van der Waals surface area contributed by atoms with Gasteiger partial charge in [-0.1, -0.05) is 0 Å². The first-order valence-electron chi connectivity index (χ1n) is 4.91. The largest absolute Gasteiger partial charge is 0.399 e. The highest BCUT2D eigenvalue weighted by Gasteiger charge is 2.10. The SMILES string of the molecule is Cn1cc(C(=O)Nc2cc(N)ccc2F)cn1. The van der Waals surface area contributed by atoms with Crippen molar-refractivity contribution in [1.82, 2.24) is 9.78 Å². The molecule has 3 N–H and O–H groups in total. The number of amides is 1. The molecular formula is C11H11FN4O. The lowest BCUT2D eigenvalue weighted by atomic mass is 10.2. The first-order valence-corrected chi connectivity index (χ1v) is 4.91. The molecule has 0 unspecified atom stereocenters. The van der Waals surface area contributed by atoms with Crippen LogP contribution in [-0.2, 0) is 7.05 Å². The molecule has 1 heterocycles. The number of hydrogen-bond donors (Lipinski definition) is 2. The van der Waals surface area contributed by atoms with Crippen molar-refractivity contribution in [3.8, 4) is 0 Å². The van der Waals surface area contributed by atoms with E-state index in [1.807, 2.05) is 0 Å². The average molecular weight is 234 g/mol. The fourth-order valence-electron chi connectivity index (χ4n) is 1.37. The van der Waals surface area contributed by atoms with Gasteiger partial charge in [-0.05, 0) is 18.2 Å². The van der Waals surface area contributed by atoms with Gasteiger partial charge in [0.2, 0.25) is 0 Å². The Morgan fingerprint density at radius 1 is 1.53 bits per heavy atom. The average Bonchev–Trinajstić information content (AvgIpc) is 2.70. The predicted octanol–water partition coefficient (Wildman–Crippen LogP) is 1.39. The minimum Gasteiger partial charge on any atom is -0.399 e. The molecule has 0 radical (unpaired) electrons. The third-order valence-electron chi connectivity index (χ3n) is 2.21. The smallest absolute Gasteiger partial charge is 0.258 e. The van der Waals surface area contributed by atoms with Crippen LogP contribution >= 0.6 is 0 Å². The number of rotatable bonds is 2. The van der Waals surface area contributed by atoms with Crippen LogP contribution in [0, 0.1) is 5.82 Å². The van der Waals surface area contributed by atoms with E-state index in [1.165, 1.54) is 29.1 Å². The van der Waals surface area contributed by atoms with Crippen molar-refractivity contribution >= 4 is 17.3 Å². The molecule has 0 saturated carbocycles. The van der Waals surface area contributed by atoms with E-state index in [0.29, 0.717) is 11.3 Å². The van der Waals surface area contributed by atoms with Crippen LogP contribution in [0.1, 0.15) is 10.4 Å². The molecule has 0 atom stereocenters. The molecule has 17 heavy (non-hydrogen) atoms. The van der Waals surface area contributed by atoms with Gasteiger partial charge in [-0.3, -0.25) is 9.48 Å². The van der Waals surface area contributed by atoms with Crippen LogP contribution in [-0.4, -0.2) is 15.7 Å². The summed E-state index contributed by atoms with van der Waals surface area (Å²) in [6.45, 7) is 0. The molecule has 0 aliphatic rings. The zero-order chi connectivity index (χ0) is 12.4. The molecule has 0 fully saturated rings. The molecule has 0 spiro atoms. The first kappa shape index (κ1) is 11.1. The quantitative estimate of drug-likeness (QED) is 0.771. The number of nitrogens with zero attached hydrogens (tertiary/aromatic N) is 2. The number of hydrogen-bond acceptors (Lipinski definition) is 3. The summed E-state index contributed by atoms with van der Waals surface area (Å²) in [6.07, 6.45) is 2.94. The number of carbonyl (C=O) groups is 1. The van der Waals surface area contributed by atoms with E-state index in [2.05, 4.69) is 10.4 Å². The van der Waals surface area contributed by atoms with Crippen LogP contribution < -0.4 is 11.1 Å². The summed E-state index contributed by atoms with van der Waals surface area (Å²) in [7, 11) is 1.69. The highest BCUT2D eigenvalue weighted by molar-refractivity contribution is 6.04. The third kappa shape index (κ3) is 2.41. The molecule has 0 aliphatic heterocycles. The van der Waals surface area contributed by atoms with E-state index < -0.39 is 11.7 Å². The number of benzene rings is 1. The summed E-state index contributed by atoms with van der Waals surface area (Å²) in [5.41, 5.74) is 6.30. The van der Waals surface area contributed by atoms with Crippen molar-refractivity contribution in [2.24, 2.45) is 7.05 Å². The summed E-state index contributed by atoms with van der Waals surface area (Å²) in [5, 5.41) is 6.29. The van der Waals surface area contributed by atoms with Crippen molar-refractivity contribution in [2.75, 3.05) is 11.1 Å². The fourth-order valence-corrected chi connectivity index (χ4v) is 1.37. The van der Waals surface area contributed by atoms with Gasteiger partial charge in [0.05, 0.1) is 17.4 Å². The standard InChI is InChI=1S/C11H11FN4O/c1-16-6-7(5-14-16)11(17)15-10-4-8(13)2-3-9(10)12/h2-6H,13H2,1H3,(H,15,17). The van der Waals surface area contributed by atoms with Gasteiger partial charge in [0.25, 0.3) is 5.91 Å². The van der Waals surface area contributed by atoms with Crippen LogP contribution in [0.4, 0.5) is 15.8 Å². The summed E-state index contributed by atoms with van der Waals surface area (Å²) >= 11 is 0. The lowest BCUT2D eigenvalue weighted by Gasteiger charge is -2.05. The van der Waals surface area contributed by atoms with Crippen molar-refractivity contribution in [1.29, 1.82) is 0 Å². The molecule has 0 aliphatic carbocycles. The number of halogens is 1. The van der Waals surface area contributed by atoms with E-state index in [4.69, 9.17) is 5.73 Å². The Bertz CT molecular complexity index is 564. The Labute approximate surface area is 97.0 Å². The summed E-state index contributed by atoms with van der Waals surface area (Å²) in [5.74, 6) is -0.959. The maximum absolute atomic E-state index is 13.4. The Kier molecular flexibility index (Phi) is 2.78. The minimum atomic E-state index is -0.531. The minimum absolute atomic E-state index is 0.0545. The van der Waals surface area contributed by atoms with Gasteiger partial charge in [0.1, 0.15) is 5.82 Å². The topological polar surface area (TPSA) is 72.9 Å². The van der Waals surface area contributed by atoms with Gasteiger partial charge >= 0.3 is 0 Å². The molecule has 1 amide bonds. The zero-order valence-electron chi connectivity index (χ0n) is 9.14. The number of anilines is 2. The molecule has 0 bridgehead atoms. The van der Waals surface area contributed by atoms with Gasteiger partial charge in [-0.2, -0.15) is 5.10 Å². The first-order chi connectivity index (χ1) is 8.06. The lowest BCUT2D eigenvalue weighted by Crippen LogP contribution is -2.12. The van der Waals surface area contributed by atoms with Crippen LogP contribution in [0.25, 0.3) is 0 Å². The number of aromatic nitrogens is 2. The van der Waals surface area contributed by atoms with E-state index >= 15 is 0 Å². The Morgan fingerprint density at radius 2 is 2.29 bits per heavy atom. The highest BCUT2D eigenvalue weighted by atomic mass is 19.1. The van der Waals surface area contributed by atoms with E-state index in [0.717, 1.165) is 0 Å². The van der Waals surface area contributed by atoms with Crippen molar-refractivity contribution in [2.45, 2.75) is 0 Å². The maximum Gasteiger partial charge on any atom is 0.258 e. The number of carbonyl (C=O) groups excluding carboxylic acids is 1. The molecule has 1 aromatic carbocycles. The number of aryl methyl sites for hydroxylation is 1. The van der Waals surface area contributed by atoms with Crippen LogP contribution in [0.3, 0.4) is 0 Å². The number of nitrogen functional groups attached to an aromatic ring is 1. The van der Waals surface area contributed by atoms with Crippen LogP contribution in [0.2, 0.25) is 0 Å². The second kappa shape index (κ2) is 4.25. The van der Waals surface area contributed by atoms with E-state index in [1.54, 1.807) is 13.2 Å². The van der Waals surface area contributed by atoms with Crippen molar-refractivity contribution < 1.29 is 9.18 Å². The monoisotopic (exact) mass is 234 g/mol. The second-order valence-corrected chi connectivity index (χ2v) is 3.60. The third-order valence-corrected chi connectivity index (χ3v) is 2.21. The zero-order valence-corrected chi connectivity index (χ0v) is 9.14. The van der Waals surface area contributed by atoms with Gasteiger partial charge in [0.15, 0.2) is 0 Å². The molecule has 5 nitrogen and oxygen atoms in total. The Hall–Kier alpha value is -2.37. The molecule has 6 heteroatoms. The number of nitrogens with two attached hydrogens (primary N) is 1. The summed E-state index contributed by atoms with van der Waals surface area (Å²) in [4.78, 5) is 11.7. The van der Waals surface area contributed by atoms with Crippen LogP contribution in [0.5, 0.6) is 0 Å². The second-order valence-electron chi connectivity index (χ2n) is 3.60. The van der Waals surface area contributed by atoms with Gasteiger partial charge in [-0.15, -0.1) is 0 Å². The molecule has 88 valence electrons. The lowest BCUT2D eigenvalue weighted by molar-refractivity contribution is 0.102. The van der Waals surface area contributed by atoms with Crippen molar-refractivity contribution in [3.63, 3.8) is 0 Å². The van der Waals surface area contributed by atoms with Gasteiger partial charge in [0, 0.05) is 18.9 Å². The van der Waals surface area contributed by atoms with E-state index in [9.17, 15) is 9.18 Å². The van der Waals surface area contributed by atoms with Crippen molar-refractivity contribution in [3.05, 3.63) is 42.0 Å². The molecule has 0 saturated heterocycles. The Morgan fingerprint density at radius 3 is 2.94 bits per heavy atom. The van der Waals surface area contributed by atoms with Crippen LogP contribution in [0.15, 0.2) is 30.6 Å². The van der Waals surface area contributed by atoms with E-state index in [-0.39, 0.29) is 5.69 Å². The van der Waals surface area contributed by atoms with Gasteiger partial charge < -0.3 is 11.1 Å². The molecule has 2 rings (SSSR count). The highest BCUT2D eigenvalue weighted by Crippen LogP contribution is 2.18. The maximum atomic E-state index is 13.4. The van der Waals surface area contributed by atoms with Gasteiger partial charge in [-0.25, -0.2) is 4.39 Å². The predicted molar refractivity (Wildman–Crippen MR) is 62.0 cm³/mol. The number of nitrogens with one attached hydrogen (secondary N) is 1. The normalized spacial score (nSPS) is 10.2. The molecular weight excluding hydrogens is 223 g/mol. The molecule has 1 aromatic heterocycles. The molecule has 2 aromatic rings.